The number of hydrogen-bond acceptors (Lipinski definition) is 9. The summed E-state index contributed by atoms with van der Waals surface area (Å²) in [6.07, 6.45) is -7.58. The molecule has 0 saturated carbocycles. The smallest absolute Gasteiger partial charge is 0.345 e. The van der Waals surface area contributed by atoms with Crippen molar-refractivity contribution in [3.05, 3.63) is 4.91 Å². The van der Waals surface area contributed by atoms with E-state index in [1.807, 2.05) is 6.92 Å². The van der Waals surface area contributed by atoms with Crippen LogP contribution in [0.25, 0.3) is 0 Å². The largest absolute Gasteiger partial charge is 0.387 e. The summed E-state index contributed by atoms with van der Waals surface area (Å²) < 4.78 is 5.43. The molecule has 1 rings (SSSR count). The Morgan fingerprint density at radius 1 is 1.28 bits per heavy atom. The lowest BCUT2D eigenvalue weighted by atomic mass is 9.88. The van der Waals surface area contributed by atoms with Crippen LogP contribution in [0, 0.1) is 4.91 Å². The average Bonchev–Trinajstić information content (AvgIpc) is 2.71. The number of carbonyl (C=O) groups excluding carboxylic acids is 1. The van der Waals surface area contributed by atoms with E-state index in [2.05, 4.69) is 5.29 Å². The fraction of sp³-hybridized carbons (Fsp3) is 0.941. The zero-order chi connectivity index (χ0) is 22.4. The van der Waals surface area contributed by atoms with Gasteiger partial charge < -0.3 is 30.3 Å². The van der Waals surface area contributed by atoms with E-state index in [4.69, 9.17) is 16.3 Å². The van der Waals surface area contributed by atoms with Gasteiger partial charge in [0.2, 0.25) is 0 Å². The highest BCUT2D eigenvalue weighted by atomic mass is 35.5. The van der Waals surface area contributed by atoms with Gasteiger partial charge in [0, 0.05) is 18.3 Å². The molecule has 1 heterocycles. The molecular formula is C17H32ClN3O8. The second kappa shape index (κ2) is 11.3. The number of nitroso groups, excluding NO2 is 1. The van der Waals surface area contributed by atoms with E-state index in [0.29, 0.717) is 24.3 Å². The van der Waals surface area contributed by atoms with Crippen LogP contribution >= 0.6 is 11.6 Å². The van der Waals surface area contributed by atoms with Gasteiger partial charge >= 0.3 is 6.03 Å². The molecule has 170 valence electrons. The van der Waals surface area contributed by atoms with Gasteiger partial charge in [-0.25, -0.2) is 4.79 Å². The number of aliphatic hydroxyl groups excluding tert-OH is 4. The molecule has 0 bridgehead atoms. The van der Waals surface area contributed by atoms with Crippen molar-refractivity contribution in [3.63, 3.8) is 0 Å². The van der Waals surface area contributed by atoms with Gasteiger partial charge in [-0.1, -0.05) is 20.3 Å². The Morgan fingerprint density at radius 2 is 1.90 bits per heavy atom. The molecule has 29 heavy (non-hydrogen) atoms. The van der Waals surface area contributed by atoms with Gasteiger partial charge in [-0.15, -0.1) is 16.5 Å². The summed E-state index contributed by atoms with van der Waals surface area (Å²) in [7, 11) is 0. The molecule has 1 aliphatic rings. The summed E-state index contributed by atoms with van der Waals surface area (Å²) in [5.41, 5.74) is 0. The molecule has 2 amide bonds. The molecule has 0 aromatic rings. The van der Waals surface area contributed by atoms with Gasteiger partial charge in [-0.3, -0.25) is 4.90 Å². The van der Waals surface area contributed by atoms with E-state index in [-0.39, 0.29) is 18.8 Å². The maximum Gasteiger partial charge on any atom is 0.345 e. The SMILES string of the molecule is CCCC[C@@]1(O)O[C@H](C(O)N(C(=O)N(CCCl)N=O)C(C)CC)[C@@H](O)[C@H](O)[C@H]1O. The Labute approximate surface area is 174 Å². The molecule has 1 aliphatic heterocycles. The first kappa shape index (κ1) is 26.0. The fourth-order valence-corrected chi connectivity index (χ4v) is 3.36. The highest BCUT2D eigenvalue weighted by molar-refractivity contribution is 6.18. The van der Waals surface area contributed by atoms with Crippen molar-refractivity contribution >= 4 is 17.6 Å². The maximum absolute atomic E-state index is 12.8. The molecule has 1 fully saturated rings. The second-order valence-electron chi connectivity index (χ2n) is 7.21. The van der Waals surface area contributed by atoms with Crippen LogP contribution < -0.4 is 0 Å². The summed E-state index contributed by atoms with van der Waals surface area (Å²) in [6, 6.07) is -1.60. The highest BCUT2D eigenvalue weighted by Gasteiger charge is 2.55. The van der Waals surface area contributed by atoms with Crippen LogP contribution in [0.5, 0.6) is 0 Å². The minimum absolute atomic E-state index is 0.0663. The van der Waals surface area contributed by atoms with Gasteiger partial charge in [0.05, 0.1) is 11.8 Å². The molecule has 0 aromatic carbocycles. The first-order chi connectivity index (χ1) is 13.6. The molecule has 12 heteroatoms. The Balaban J connectivity index is 3.23. The predicted octanol–water partition coefficient (Wildman–Crippen LogP) is 0.108. The number of alkyl halides is 1. The van der Waals surface area contributed by atoms with Gasteiger partial charge in [-0.05, 0) is 19.8 Å². The Morgan fingerprint density at radius 3 is 2.38 bits per heavy atom. The molecule has 11 nitrogen and oxygen atoms in total. The van der Waals surface area contributed by atoms with Crippen LogP contribution in [-0.2, 0) is 4.74 Å². The van der Waals surface area contributed by atoms with Gasteiger partial charge in [-0.2, -0.15) is 5.01 Å². The summed E-state index contributed by atoms with van der Waals surface area (Å²) in [5.74, 6) is -2.31. The number of carbonyl (C=O) groups is 1. The molecule has 0 spiro atoms. The van der Waals surface area contributed by atoms with Crippen LogP contribution in [-0.4, -0.2) is 96.4 Å². The third-order valence-electron chi connectivity index (χ3n) is 5.18. The molecule has 1 saturated heterocycles. The lowest BCUT2D eigenvalue weighted by molar-refractivity contribution is -0.365. The van der Waals surface area contributed by atoms with E-state index >= 15 is 0 Å². The van der Waals surface area contributed by atoms with Crippen molar-refractivity contribution in [2.75, 3.05) is 12.4 Å². The van der Waals surface area contributed by atoms with Crippen LogP contribution in [0.1, 0.15) is 46.5 Å². The minimum Gasteiger partial charge on any atom is -0.387 e. The summed E-state index contributed by atoms with van der Waals surface area (Å²) in [4.78, 5) is 24.7. The Hall–Kier alpha value is -1.08. The van der Waals surface area contributed by atoms with E-state index < -0.39 is 48.5 Å². The second-order valence-corrected chi connectivity index (χ2v) is 7.59. The zero-order valence-electron chi connectivity index (χ0n) is 16.9. The minimum atomic E-state index is -2.23. The molecular weight excluding hydrogens is 410 g/mol. The number of aliphatic hydroxyl groups is 5. The quantitative estimate of drug-likeness (QED) is 0.138. The van der Waals surface area contributed by atoms with E-state index in [1.54, 1.807) is 13.8 Å². The normalized spacial score (nSPS) is 31.8. The topological polar surface area (TPSA) is 163 Å². The predicted molar refractivity (Wildman–Crippen MR) is 104 cm³/mol. The number of ether oxygens (including phenoxy) is 1. The van der Waals surface area contributed by atoms with Gasteiger partial charge in [0.1, 0.15) is 24.4 Å². The van der Waals surface area contributed by atoms with Gasteiger partial charge in [0.15, 0.2) is 12.0 Å². The van der Waals surface area contributed by atoms with E-state index in [1.165, 1.54) is 0 Å². The Kier molecular flexibility index (Phi) is 10.2. The molecule has 0 aromatic heterocycles. The van der Waals surface area contributed by atoms with Crippen LogP contribution in [0.3, 0.4) is 0 Å². The van der Waals surface area contributed by atoms with Crippen molar-refractivity contribution < 1.29 is 35.1 Å². The van der Waals surface area contributed by atoms with Crippen molar-refractivity contribution in [3.8, 4) is 0 Å². The maximum atomic E-state index is 12.8. The number of urea groups is 1. The first-order valence-electron chi connectivity index (χ1n) is 9.71. The zero-order valence-corrected chi connectivity index (χ0v) is 17.6. The van der Waals surface area contributed by atoms with Crippen LogP contribution in [0.15, 0.2) is 5.29 Å². The number of amides is 2. The molecule has 7 atom stereocenters. The standard InChI is InChI=1S/C17H32ClN3O8/c1-4-6-7-17(27)14(24)12(23)11(22)13(29-17)15(25)21(10(3)5-2)16(26)20(19-28)9-8-18/h10-15,22-25,27H,4-9H2,1-3H3/t10?,11-,12-,13-,14+,15?,17+/m0/s1. The van der Waals surface area contributed by atoms with Crippen LogP contribution in [0.4, 0.5) is 4.79 Å². The fourth-order valence-electron chi connectivity index (χ4n) is 3.20. The number of rotatable bonds is 10. The van der Waals surface area contributed by atoms with Crippen molar-refractivity contribution in [2.24, 2.45) is 5.29 Å². The lowest BCUT2D eigenvalue weighted by Gasteiger charge is -2.49. The van der Waals surface area contributed by atoms with E-state index in [9.17, 15) is 35.2 Å². The monoisotopic (exact) mass is 441 g/mol. The van der Waals surface area contributed by atoms with Crippen molar-refractivity contribution in [2.45, 2.75) is 88.9 Å². The first-order valence-corrected chi connectivity index (χ1v) is 10.2. The van der Waals surface area contributed by atoms with Crippen LogP contribution in [0.2, 0.25) is 0 Å². The Bertz CT molecular complexity index is 545. The molecule has 2 unspecified atom stereocenters. The highest BCUT2D eigenvalue weighted by Crippen LogP contribution is 2.34. The molecule has 5 N–H and O–H groups in total. The van der Waals surface area contributed by atoms with E-state index in [0.717, 1.165) is 4.90 Å². The summed E-state index contributed by atoms with van der Waals surface area (Å²) in [6.45, 7) is 4.96. The van der Waals surface area contributed by atoms with Crippen molar-refractivity contribution in [1.82, 2.24) is 9.91 Å². The number of unbranched alkanes of at least 4 members (excludes halogenated alkanes) is 1. The lowest BCUT2D eigenvalue weighted by Crippen LogP contribution is -2.69. The summed E-state index contributed by atoms with van der Waals surface area (Å²) in [5, 5.41) is 55.4. The third kappa shape index (κ3) is 5.75. The average molecular weight is 442 g/mol. The third-order valence-corrected chi connectivity index (χ3v) is 5.35. The molecule has 0 aliphatic carbocycles. The molecule has 0 radical (unpaired) electrons. The summed E-state index contributed by atoms with van der Waals surface area (Å²) >= 11 is 5.58. The number of halogens is 1. The van der Waals surface area contributed by atoms with Gasteiger partial charge in [0.25, 0.3) is 0 Å². The number of nitrogens with zero attached hydrogens (tertiary/aromatic N) is 3. The number of hydrogen-bond donors (Lipinski definition) is 5. The van der Waals surface area contributed by atoms with Crippen molar-refractivity contribution in [1.29, 1.82) is 0 Å².